The summed E-state index contributed by atoms with van der Waals surface area (Å²) >= 11 is 0. The smallest absolute Gasteiger partial charge is 0.323 e. The zero-order valence-electron chi connectivity index (χ0n) is 11.8. The number of benzene rings is 1. The maximum atomic E-state index is 12.6. The van der Waals surface area contributed by atoms with Gasteiger partial charge in [-0.1, -0.05) is 6.07 Å². The summed E-state index contributed by atoms with van der Waals surface area (Å²) in [6, 6.07) is 7.54. The number of nitrogens with one attached hydrogen (secondary N) is 1. The molecule has 0 unspecified atom stereocenters. The predicted molar refractivity (Wildman–Crippen MR) is 76.2 cm³/mol. The van der Waals surface area contributed by atoms with Crippen molar-refractivity contribution in [3.63, 3.8) is 0 Å². The number of anilines is 1. The van der Waals surface area contributed by atoms with Crippen molar-refractivity contribution in [1.82, 2.24) is 9.88 Å². The molecule has 0 aliphatic rings. The van der Waals surface area contributed by atoms with E-state index in [1.54, 1.807) is 31.6 Å². The van der Waals surface area contributed by atoms with Crippen LogP contribution < -0.4 is 5.32 Å². The molecule has 0 fully saturated rings. The number of rotatable bonds is 3. The van der Waals surface area contributed by atoms with Crippen molar-refractivity contribution >= 4 is 11.7 Å². The van der Waals surface area contributed by atoms with Crippen LogP contribution in [0.25, 0.3) is 0 Å². The van der Waals surface area contributed by atoms with E-state index in [1.807, 2.05) is 0 Å². The summed E-state index contributed by atoms with van der Waals surface area (Å²) < 4.78 is 37.9. The first-order chi connectivity index (χ1) is 10.4. The normalized spacial score (nSPS) is 11.1. The molecule has 0 spiro atoms. The Labute approximate surface area is 125 Å². The van der Waals surface area contributed by atoms with E-state index < -0.39 is 17.8 Å². The molecular formula is C15H14F3N3O. The van der Waals surface area contributed by atoms with Crippen molar-refractivity contribution in [3.05, 3.63) is 59.9 Å². The molecule has 116 valence electrons. The molecule has 0 atom stereocenters. The summed E-state index contributed by atoms with van der Waals surface area (Å²) in [5.74, 6) is 0. The van der Waals surface area contributed by atoms with Gasteiger partial charge in [-0.2, -0.15) is 13.2 Å². The maximum absolute atomic E-state index is 12.6. The number of halogens is 3. The van der Waals surface area contributed by atoms with Crippen LogP contribution in [0.3, 0.4) is 0 Å². The maximum Gasteiger partial charge on any atom is 0.416 e. The second-order valence-electron chi connectivity index (χ2n) is 4.72. The van der Waals surface area contributed by atoms with Gasteiger partial charge in [-0.05, 0) is 35.9 Å². The molecule has 4 nitrogen and oxygen atoms in total. The average molecular weight is 309 g/mol. The molecule has 0 bridgehead atoms. The Balaban J connectivity index is 2.02. The third kappa shape index (κ3) is 4.21. The molecule has 22 heavy (non-hydrogen) atoms. The van der Waals surface area contributed by atoms with Gasteiger partial charge in [0.25, 0.3) is 0 Å². The zero-order chi connectivity index (χ0) is 16.2. The van der Waals surface area contributed by atoms with Crippen molar-refractivity contribution in [3.8, 4) is 0 Å². The van der Waals surface area contributed by atoms with E-state index in [-0.39, 0.29) is 5.69 Å². The Morgan fingerprint density at radius 1 is 1.23 bits per heavy atom. The molecule has 1 N–H and O–H groups in total. The van der Waals surface area contributed by atoms with Crippen molar-refractivity contribution in [1.29, 1.82) is 0 Å². The zero-order valence-corrected chi connectivity index (χ0v) is 11.8. The highest BCUT2D eigenvalue weighted by Crippen LogP contribution is 2.30. The summed E-state index contributed by atoms with van der Waals surface area (Å²) in [6.07, 6.45) is -1.23. The first kappa shape index (κ1) is 15.8. The number of hydrogen-bond donors (Lipinski definition) is 1. The van der Waals surface area contributed by atoms with E-state index in [2.05, 4.69) is 10.3 Å². The van der Waals surface area contributed by atoms with E-state index in [0.717, 1.165) is 17.7 Å². The number of nitrogens with zero attached hydrogens (tertiary/aromatic N) is 2. The van der Waals surface area contributed by atoms with Gasteiger partial charge in [0.15, 0.2) is 0 Å². The Kier molecular flexibility index (Phi) is 4.65. The second-order valence-corrected chi connectivity index (χ2v) is 4.72. The predicted octanol–water partition coefficient (Wildman–Crippen LogP) is 3.76. The average Bonchev–Trinajstić information content (AvgIpc) is 2.47. The van der Waals surface area contributed by atoms with Crippen LogP contribution in [-0.2, 0) is 12.7 Å². The number of urea groups is 1. The Bertz CT molecular complexity index is 644. The lowest BCUT2D eigenvalue weighted by atomic mass is 10.2. The summed E-state index contributed by atoms with van der Waals surface area (Å²) in [6.45, 7) is 0.327. The molecule has 0 aliphatic carbocycles. The molecule has 1 heterocycles. The SMILES string of the molecule is CN(Cc1ccncc1)C(=O)Nc1cccc(C(F)(F)F)c1. The van der Waals surface area contributed by atoms with Crippen LogP contribution in [-0.4, -0.2) is 23.0 Å². The molecule has 2 aromatic rings. The van der Waals surface area contributed by atoms with Crippen molar-refractivity contribution in [2.24, 2.45) is 0 Å². The minimum atomic E-state index is -4.44. The standard InChI is InChI=1S/C15H14F3N3O/c1-21(10-11-5-7-19-8-6-11)14(22)20-13-4-2-3-12(9-13)15(16,17)18/h2-9H,10H2,1H3,(H,20,22). The molecule has 0 radical (unpaired) electrons. The highest BCUT2D eigenvalue weighted by atomic mass is 19.4. The summed E-state index contributed by atoms with van der Waals surface area (Å²) in [5, 5.41) is 2.45. The van der Waals surface area contributed by atoms with E-state index >= 15 is 0 Å². The molecule has 0 aliphatic heterocycles. The summed E-state index contributed by atoms with van der Waals surface area (Å²) in [4.78, 5) is 17.2. The molecule has 0 saturated carbocycles. The van der Waals surface area contributed by atoms with Crippen LogP contribution in [0.5, 0.6) is 0 Å². The third-order valence-electron chi connectivity index (χ3n) is 2.96. The van der Waals surface area contributed by atoms with Crippen LogP contribution in [0.2, 0.25) is 0 Å². The van der Waals surface area contributed by atoms with Crippen LogP contribution in [0.4, 0.5) is 23.7 Å². The number of pyridine rings is 1. The van der Waals surface area contributed by atoms with Gasteiger partial charge in [-0.25, -0.2) is 4.79 Å². The highest BCUT2D eigenvalue weighted by molar-refractivity contribution is 5.89. The number of alkyl halides is 3. The first-order valence-corrected chi connectivity index (χ1v) is 6.44. The number of aromatic nitrogens is 1. The van der Waals surface area contributed by atoms with Crippen LogP contribution >= 0.6 is 0 Å². The van der Waals surface area contributed by atoms with Gasteiger partial charge in [0, 0.05) is 31.7 Å². The van der Waals surface area contributed by atoms with E-state index in [1.165, 1.54) is 17.0 Å². The Morgan fingerprint density at radius 3 is 2.55 bits per heavy atom. The van der Waals surface area contributed by atoms with Gasteiger partial charge in [-0.15, -0.1) is 0 Å². The molecule has 2 amide bonds. The minimum Gasteiger partial charge on any atom is -0.323 e. The Morgan fingerprint density at radius 2 is 1.91 bits per heavy atom. The van der Waals surface area contributed by atoms with Crippen LogP contribution in [0.1, 0.15) is 11.1 Å². The van der Waals surface area contributed by atoms with Gasteiger partial charge in [0.05, 0.1) is 5.56 Å². The van der Waals surface area contributed by atoms with Gasteiger partial charge in [-0.3, -0.25) is 4.98 Å². The van der Waals surface area contributed by atoms with Gasteiger partial charge < -0.3 is 10.2 Å². The van der Waals surface area contributed by atoms with E-state index in [0.29, 0.717) is 6.54 Å². The fourth-order valence-corrected chi connectivity index (χ4v) is 1.83. The molecule has 1 aromatic heterocycles. The van der Waals surface area contributed by atoms with Crippen LogP contribution in [0, 0.1) is 0 Å². The molecule has 2 rings (SSSR count). The molecular weight excluding hydrogens is 295 g/mol. The quantitative estimate of drug-likeness (QED) is 0.938. The van der Waals surface area contributed by atoms with Gasteiger partial charge in [0.2, 0.25) is 0 Å². The minimum absolute atomic E-state index is 0.0985. The number of hydrogen-bond acceptors (Lipinski definition) is 2. The lowest BCUT2D eigenvalue weighted by molar-refractivity contribution is -0.137. The fourth-order valence-electron chi connectivity index (χ4n) is 1.83. The number of amides is 2. The monoisotopic (exact) mass is 309 g/mol. The summed E-state index contributed by atoms with van der Waals surface area (Å²) in [7, 11) is 1.56. The molecule has 7 heteroatoms. The van der Waals surface area contributed by atoms with Gasteiger partial charge >= 0.3 is 12.2 Å². The fraction of sp³-hybridized carbons (Fsp3) is 0.200. The second kappa shape index (κ2) is 6.46. The number of carbonyl (C=O) groups excluding carboxylic acids is 1. The van der Waals surface area contributed by atoms with Crippen molar-refractivity contribution in [2.75, 3.05) is 12.4 Å². The Hall–Kier alpha value is -2.57. The van der Waals surface area contributed by atoms with Crippen molar-refractivity contribution in [2.45, 2.75) is 12.7 Å². The molecule has 1 aromatic carbocycles. The van der Waals surface area contributed by atoms with Crippen LogP contribution in [0.15, 0.2) is 48.8 Å². The first-order valence-electron chi connectivity index (χ1n) is 6.44. The van der Waals surface area contributed by atoms with E-state index in [9.17, 15) is 18.0 Å². The molecule has 0 saturated heterocycles. The van der Waals surface area contributed by atoms with Gasteiger partial charge in [0.1, 0.15) is 0 Å². The van der Waals surface area contributed by atoms with Crippen molar-refractivity contribution < 1.29 is 18.0 Å². The highest BCUT2D eigenvalue weighted by Gasteiger charge is 2.30. The third-order valence-corrected chi connectivity index (χ3v) is 2.96. The lowest BCUT2D eigenvalue weighted by Gasteiger charge is -2.18. The topological polar surface area (TPSA) is 45.2 Å². The number of carbonyl (C=O) groups is 1. The van der Waals surface area contributed by atoms with E-state index in [4.69, 9.17) is 0 Å². The lowest BCUT2D eigenvalue weighted by Crippen LogP contribution is -2.30. The largest absolute Gasteiger partial charge is 0.416 e. The summed E-state index contributed by atoms with van der Waals surface area (Å²) in [5.41, 5.74) is 0.167.